The predicted molar refractivity (Wildman–Crippen MR) is 129 cm³/mol. The normalized spacial score (nSPS) is 11.6. The van der Waals surface area contributed by atoms with E-state index in [9.17, 15) is 14.4 Å². The Morgan fingerprint density at radius 3 is 2.29 bits per heavy atom. The zero-order valence-corrected chi connectivity index (χ0v) is 19.8. The van der Waals surface area contributed by atoms with Crippen LogP contribution in [0.25, 0.3) is 11.3 Å². The zero-order chi connectivity index (χ0) is 24.8. The molecule has 9 heteroatoms. The molecule has 0 saturated carbocycles. The van der Waals surface area contributed by atoms with E-state index in [2.05, 4.69) is 21.1 Å². The minimum absolute atomic E-state index is 0.0281. The summed E-state index contributed by atoms with van der Waals surface area (Å²) in [5.41, 5.74) is 4.55. The van der Waals surface area contributed by atoms with Crippen LogP contribution in [-0.4, -0.2) is 36.2 Å². The molecule has 0 aliphatic rings. The Labute approximate surface area is 197 Å². The first-order valence-electron chi connectivity index (χ1n) is 10.8. The molecule has 0 bridgehead atoms. The number of rotatable bonds is 7. The molecule has 1 heterocycles. The number of amides is 3. The fourth-order valence-corrected chi connectivity index (χ4v) is 3.32. The highest BCUT2D eigenvalue weighted by molar-refractivity contribution is 6.00. The number of aryl methyl sites for hydroxylation is 2. The second kappa shape index (κ2) is 10.7. The van der Waals surface area contributed by atoms with Crippen LogP contribution >= 0.6 is 0 Å². The van der Waals surface area contributed by atoms with Crippen molar-refractivity contribution in [3.63, 3.8) is 0 Å². The molecule has 2 aromatic carbocycles. The van der Waals surface area contributed by atoms with Crippen molar-refractivity contribution >= 4 is 29.3 Å². The van der Waals surface area contributed by atoms with Crippen molar-refractivity contribution in [1.29, 1.82) is 0 Å². The van der Waals surface area contributed by atoms with Crippen LogP contribution in [0.5, 0.6) is 0 Å². The molecule has 0 unspecified atom stereocenters. The Bertz CT molecular complexity index is 1180. The number of nitrogens with one attached hydrogen (secondary N) is 3. The first-order chi connectivity index (χ1) is 16.2. The van der Waals surface area contributed by atoms with Crippen molar-refractivity contribution < 1.29 is 23.6 Å². The lowest BCUT2D eigenvalue weighted by molar-refractivity contribution is -0.144. The van der Waals surface area contributed by atoms with E-state index in [4.69, 9.17) is 9.26 Å². The molecule has 1 aromatic heterocycles. The summed E-state index contributed by atoms with van der Waals surface area (Å²) >= 11 is 0. The molecule has 0 saturated heterocycles. The number of hydrogen-bond donors (Lipinski definition) is 3. The topological polar surface area (TPSA) is 123 Å². The van der Waals surface area contributed by atoms with Gasteiger partial charge >= 0.3 is 12.0 Å². The summed E-state index contributed by atoms with van der Waals surface area (Å²) in [6.07, 6.45) is 0. The average molecular weight is 465 g/mol. The SMILES string of the molecule is COC(=O)[C@@H](NC(=O)c1cc(-c2ccc(NC(=O)Nc3ccc(C)cc3C)cc2)no1)C(C)C. The maximum Gasteiger partial charge on any atom is 0.328 e. The maximum atomic E-state index is 12.5. The number of urea groups is 1. The van der Waals surface area contributed by atoms with Gasteiger partial charge in [-0.1, -0.05) is 48.8 Å². The third-order valence-corrected chi connectivity index (χ3v) is 5.21. The summed E-state index contributed by atoms with van der Waals surface area (Å²) in [6.45, 7) is 7.52. The summed E-state index contributed by atoms with van der Waals surface area (Å²) < 4.78 is 9.89. The van der Waals surface area contributed by atoms with E-state index in [1.54, 1.807) is 38.1 Å². The summed E-state index contributed by atoms with van der Waals surface area (Å²) in [7, 11) is 1.27. The van der Waals surface area contributed by atoms with Gasteiger partial charge in [0, 0.05) is 23.0 Å². The standard InChI is InChI=1S/C25H28N4O5/c1-14(2)22(24(31)33-5)28-23(30)21-13-20(29-34-21)17-7-9-18(10-8-17)26-25(32)27-19-11-6-15(3)12-16(19)4/h6-14,22H,1-5H3,(H,28,30)(H2,26,27,32)/t22-/m0/s1. The van der Waals surface area contributed by atoms with Gasteiger partial charge in [-0.25, -0.2) is 9.59 Å². The highest BCUT2D eigenvalue weighted by Gasteiger charge is 2.27. The van der Waals surface area contributed by atoms with Gasteiger partial charge in [-0.05, 0) is 43.5 Å². The summed E-state index contributed by atoms with van der Waals surface area (Å²) in [5, 5.41) is 12.1. The number of carbonyl (C=O) groups is 3. The van der Waals surface area contributed by atoms with Crippen LogP contribution in [-0.2, 0) is 9.53 Å². The third-order valence-electron chi connectivity index (χ3n) is 5.21. The summed E-state index contributed by atoms with van der Waals surface area (Å²) in [6, 6.07) is 13.1. The van der Waals surface area contributed by atoms with Crippen molar-refractivity contribution in [2.45, 2.75) is 33.7 Å². The Morgan fingerprint density at radius 1 is 0.971 bits per heavy atom. The quantitative estimate of drug-likeness (QED) is 0.442. The first-order valence-corrected chi connectivity index (χ1v) is 10.8. The molecule has 34 heavy (non-hydrogen) atoms. The Balaban J connectivity index is 1.63. The van der Waals surface area contributed by atoms with Gasteiger partial charge in [-0.3, -0.25) is 4.79 Å². The molecule has 0 radical (unpaired) electrons. The summed E-state index contributed by atoms with van der Waals surface area (Å²) in [5.74, 6) is -1.29. The summed E-state index contributed by atoms with van der Waals surface area (Å²) in [4.78, 5) is 36.7. The number of carbonyl (C=O) groups excluding carboxylic acids is 3. The lowest BCUT2D eigenvalue weighted by atomic mass is 10.0. The number of nitrogens with zero attached hydrogens (tertiary/aromatic N) is 1. The van der Waals surface area contributed by atoms with E-state index in [1.807, 2.05) is 32.0 Å². The highest BCUT2D eigenvalue weighted by Crippen LogP contribution is 2.22. The minimum Gasteiger partial charge on any atom is -0.467 e. The highest BCUT2D eigenvalue weighted by atomic mass is 16.5. The van der Waals surface area contributed by atoms with Gasteiger partial charge in [0.1, 0.15) is 11.7 Å². The van der Waals surface area contributed by atoms with Crippen LogP contribution in [0.1, 0.15) is 35.5 Å². The predicted octanol–water partition coefficient (Wildman–Crippen LogP) is 4.53. The van der Waals surface area contributed by atoms with E-state index in [0.717, 1.165) is 16.8 Å². The lowest BCUT2D eigenvalue weighted by Crippen LogP contribution is -2.44. The van der Waals surface area contributed by atoms with E-state index >= 15 is 0 Å². The molecule has 3 N–H and O–H groups in total. The number of ether oxygens (including phenoxy) is 1. The number of aromatic nitrogens is 1. The molecule has 3 amide bonds. The molecule has 9 nitrogen and oxygen atoms in total. The van der Waals surface area contributed by atoms with E-state index in [-0.39, 0.29) is 17.7 Å². The molecular formula is C25H28N4O5. The van der Waals surface area contributed by atoms with Gasteiger partial charge in [0.05, 0.1) is 7.11 Å². The van der Waals surface area contributed by atoms with Gasteiger partial charge in [0.25, 0.3) is 5.91 Å². The van der Waals surface area contributed by atoms with Crippen molar-refractivity contribution in [3.05, 3.63) is 65.4 Å². The van der Waals surface area contributed by atoms with Gasteiger partial charge in [0.15, 0.2) is 0 Å². The maximum absolute atomic E-state index is 12.5. The van der Waals surface area contributed by atoms with E-state index < -0.39 is 17.9 Å². The number of benzene rings is 2. The van der Waals surface area contributed by atoms with Crippen LogP contribution in [0.2, 0.25) is 0 Å². The largest absolute Gasteiger partial charge is 0.467 e. The molecule has 0 aliphatic carbocycles. The molecule has 3 aromatic rings. The van der Waals surface area contributed by atoms with Crippen molar-refractivity contribution in [3.8, 4) is 11.3 Å². The second-order valence-corrected chi connectivity index (χ2v) is 8.27. The van der Waals surface area contributed by atoms with Crippen LogP contribution in [0.15, 0.2) is 53.1 Å². The van der Waals surface area contributed by atoms with Crippen LogP contribution in [0, 0.1) is 19.8 Å². The molecular weight excluding hydrogens is 436 g/mol. The fourth-order valence-electron chi connectivity index (χ4n) is 3.32. The molecule has 0 spiro atoms. The number of esters is 1. The first kappa shape index (κ1) is 24.5. The minimum atomic E-state index is -0.800. The Hall–Kier alpha value is -4.14. The average Bonchev–Trinajstić information content (AvgIpc) is 3.29. The lowest BCUT2D eigenvalue weighted by Gasteiger charge is -2.18. The number of methoxy groups -OCH3 is 1. The van der Waals surface area contributed by atoms with Gasteiger partial charge in [0.2, 0.25) is 5.76 Å². The zero-order valence-electron chi connectivity index (χ0n) is 19.8. The fraction of sp³-hybridized carbons (Fsp3) is 0.280. The van der Waals surface area contributed by atoms with Crippen LogP contribution in [0.4, 0.5) is 16.2 Å². The molecule has 178 valence electrons. The van der Waals surface area contributed by atoms with E-state index in [0.29, 0.717) is 16.9 Å². The van der Waals surface area contributed by atoms with Crippen LogP contribution in [0.3, 0.4) is 0 Å². The number of hydrogen-bond acceptors (Lipinski definition) is 6. The van der Waals surface area contributed by atoms with Crippen molar-refractivity contribution in [1.82, 2.24) is 10.5 Å². The van der Waals surface area contributed by atoms with Gasteiger partial charge in [-0.15, -0.1) is 0 Å². The van der Waals surface area contributed by atoms with Gasteiger partial charge in [-0.2, -0.15) is 0 Å². The molecule has 3 rings (SSSR count). The van der Waals surface area contributed by atoms with Crippen molar-refractivity contribution in [2.24, 2.45) is 5.92 Å². The molecule has 1 atom stereocenters. The van der Waals surface area contributed by atoms with Crippen LogP contribution < -0.4 is 16.0 Å². The Kier molecular flexibility index (Phi) is 7.68. The Morgan fingerprint density at radius 2 is 1.68 bits per heavy atom. The molecule has 0 aliphatic heterocycles. The van der Waals surface area contributed by atoms with Gasteiger partial charge < -0.3 is 25.2 Å². The molecule has 0 fully saturated rings. The van der Waals surface area contributed by atoms with Crippen molar-refractivity contribution in [2.75, 3.05) is 17.7 Å². The third kappa shape index (κ3) is 6.00. The number of anilines is 2. The smallest absolute Gasteiger partial charge is 0.328 e. The van der Waals surface area contributed by atoms with E-state index in [1.165, 1.54) is 13.2 Å². The monoisotopic (exact) mass is 464 g/mol. The second-order valence-electron chi connectivity index (χ2n) is 8.27.